The fraction of sp³-hybridized carbons (Fsp3) is 0. The van der Waals surface area contributed by atoms with E-state index in [9.17, 15) is 1.37 Å². The lowest BCUT2D eigenvalue weighted by Gasteiger charge is -2.18. The highest BCUT2D eigenvalue weighted by Gasteiger charge is 2.18. The average Bonchev–Trinajstić information content (AvgIpc) is 3.49. The summed E-state index contributed by atoms with van der Waals surface area (Å²) in [6.07, 6.45) is 0. The molecule has 1 heteroatoms. The van der Waals surface area contributed by atoms with E-state index < -0.39 is 18.1 Å². The molecule has 0 amide bonds. The summed E-state index contributed by atoms with van der Waals surface area (Å²) < 4.78 is 67.4. The number of hydrogen-bond acceptors (Lipinski definition) is 1. The van der Waals surface area contributed by atoms with Crippen LogP contribution in [0.3, 0.4) is 0 Å². The molecule has 0 aliphatic rings. The van der Waals surface area contributed by atoms with E-state index in [1.807, 2.05) is 66.7 Å². The maximum absolute atomic E-state index is 9.33. The molecule has 0 unspecified atom stereocenters. The van der Waals surface area contributed by atoms with Gasteiger partial charge >= 0.3 is 0 Å². The fourth-order valence-electron chi connectivity index (χ4n) is 6.27. The molecule has 8 aromatic carbocycles. The summed E-state index contributed by atoms with van der Waals surface area (Å²) in [4.78, 5) is 0. The number of benzene rings is 8. The van der Waals surface area contributed by atoms with E-state index in [-0.39, 0.29) is 40.5 Å². The van der Waals surface area contributed by atoms with Gasteiger partial charge in [-0.2, -0.15) is 0 Å². The largest absolute Gasteiger partial charge is 0.455 e. The van der Waals surface area contributed by atoms with Crippen LogP contribution >= 0.6 is 0 Å². The fourth-order valence-corrected chi connectivity index (χ4v) is 6.27. The standard InChI is InChI=1S/C40H24O/c1-2-11-27-23-28(18-17-25(27)9-1)38-31-13-5-7-15-33(31)39(34-16-8-6-14-32(34)38)29-20-22-37-36(24-29)35-21-19-26-10-3-4-12-30(26)40(35)41-37/h1-24H/i1D,2D,9D,11D,17D,18D,23D. The normalized spacial score (nSPS) is 14.3. The van der Waals surface area contributed by atoms with Crippen LogP contribution < -0.4 is 0 Å². The molecule has 0 N–H and O–H groups in total. The van der Waals surface area contributed by atoms with Gasteiger partial charge in [0.1, 0.15) is 11.2 Å². The molecule has 0 spiro atoms. The molecular weight excluding hydrogens is 496 g/mol. The zero-order valence-electron chi connectivity index (χ0n) is 28.7. The Morgan fingerprint density at radius 1 is 0.439 bits per heavy atom. The van der Waals surface area contributed by atoms with Gasteiger partial charge in [0.05, 0.1) is 9.60 Å². The molecule has 0 saturated heterocycles. The van der Waals surface area contributed by atoms with Gasteiger partial charge in [0.15, 0.2) is 0 Å². The van der Waals surface area contributed by atoms with E-state index in [0.29, 0.717) is 5.56 Å². The van der Waals surface area contributed by atoms with Crippen molar-refractivity contribution < 1.29 is 14.0 Å². The minimum absolute atomic E-state index is 0.0564. The van der Waals surface area contributed by atoms with Crippen molar-refractivity contribution in [2.24, 2.45) is 0 Å². The van der Waals surface area contributed by atoms with Gasteiger partial charge < -0.3 is 4.42 Å². The van der Waals surface area contributed by atoms with Gasteiger partial charge in [0.2, 0.25) is 0 Å². The maximum Gasteiger partial charge on any atom is 0.143 e. The van der Waals surface area contributed by atoms with E-state index in [4.69, 9.17) is 12.6 Å². The zero-order valence-corrected chi connectivity index (χ0v) is 21.7. The van der Waals surface area contributed by atoms with E-state index in [1.54, 1.807) is 0 Å². The average molecular weight is 528 g/mol. The highest BCUT2D eigenvalue weighted by atomic mass is 16.3. The smallest absolute Gasteiger partial charge is 0.143 e. The van der Waals surface area contributed by atoms with Crippen LogP contribution in [-0.2, 0) is 0 Å². The first-order chi connectivity index (χ1) is 23.3. The predicted molar refractivity (Wildman–Crippen MR) is 175 cm³/mol. The van der Waals surface area contributed by atoms with E-state index in [2.05, 4.69) is 36.4 Å². The molecule has 0 radical (unpaired) electrons. The summed E-state index contributed by atoms with van der Waals surface area (Å²) in [5.41, 5.74) is 4.34. The second-order valence-corrected chi connectivity index (χ2v) is 10.3. The molecular formula is C40H24O. The van der Waals surface area contributed by atoms with Crippen LogP contribution in [0.4, 0.5) is 0 Å². The second kappa shape index (κ2) is 8.55. The SMILES string of the molecule is [2H]c1c([2H])c([2H])c2c([2H])c(-c3c4ccccc4c(-c4ccc5oc6c7ccccc7ccc6c5c4)c4ccccc34)c([2H])c([2H])c2c1[2H]. The lowest BCUT2D eigenvalue weighted by Crippen LogP contribution is -1.91. The number of hydrogen-bond donors (Lipinski definition) is 0. The van der Waals surface area contributed by atoms with Gasteiger partial charge in [0, 0.05) is 16.2 Å². The molecule has 1 nitrogen and oxygen atoms in total. The topological polar surface area (TPSA) is 13.1 Å². The molecule has 0 aliphatic heterocycles. The Balaban J connectivity index is 1.40. The molecule has 0 fully saturated rings. The van der Waals surface area contributed by atoms with Crippen molar-refractivity contribution in [2.75, 3.05) is 0 Å². The van der Waals surface area contributed by atoms with Crippen molar-refractivity contribution in [3.05, 3.63) is 145 Å². The van der Waals surface area contributed by atoms with Gasteiger partial charge in [-0.15, -0.1) is 0 Å². The summed E-state index contributed by atoms with van der Waals surface area (Å²) in [7, 11) is 0. The number of furan rings is 1. The van der Waals surface area contributed by atoms with E-state index in [1.165, 1.54) is 0 Å². The summed E-state index contributed by atoms with van der Waals surface area (Å²) >= 11 is 0. The molecule has 0 aliphatic carbocycles. The third-order valence-electron chi connectivity index (χ3n) is 8.08. The summed E-state index contributed by atoms with van der Waals surface area (Å²) in [5.74, 6) is 0. The Bertz CT molecular complexity index is 2810. The van der Waals surface area contributed by atoms with Crippen LogP contribution in [0, 0.1) is 0 Å². The number of rotatable bonds is 2. The maximum atomic E-state index is 9.33. The van der Waals surface area contributed by atoms with Gasteiger partial charge in [-0.25, -0.2) is 0 Å². The van der Waals surface area contributed by atoms with Gasteiger partial charge in [-0.3, -0.25) is 0 Å². The van der Waals surface area contributed by atoms with Crippen molar-refractivity contribution in [3.63, 3.8) is 0 Å². The molecule has 0 bridgehead atoms. The van der Waals surface area contributed by atoms with Crippen LogP contribution in [0.5, 0.6) is 0 Å². The Labute approximate surface area is 246 Å². The van der Waals surface area contributed by atoms with Crippen LogP contribution in [0.1, 0.15) is 9.60 Å². The summed E-state index contributed by atoms with van der Waals surface area (Å²) in [5, 5.41) is 7.35. The van der Waals surface area contributed by atoms with Gasteiger partial charge in [0.25, 0.3) is 0 Å². The van der Waals surface area contributed by atoms with Gasteiger partial charge in [-0.05, 0) is 84.2 Å². The van der Waals surface area contributed by atoms with Crippen molar-refractivity contribution >= 4 is 65.0 Å². The first kappa shape index (κ1) is 16.6. The lowest BCUT2D eigenvalue weighted by molar-refractivity contribution is 0.672. The monoisotopic (exact) mass is 527 g/mol. The minimum atomic E-state index is -0.483. The second-order valence-electron chi connectivity index (χ2n) is 10.3. The quantitative estimate of drug-likeness (QED) is 0.204. The van der Waals surface area contributed by atoms with Crippen LogP contribution in [0.15, 0.2) is 150 Å². The van der Waals surface area contributed by atoms with Gasteiger partial charge in [-0.1, -0.05) is 121 Å². The van der Waals surface area contributed by atoms with Crippen molar-refractivity contribution in [1.82, 2.24) is 0 Å². The molecule has 9 aromatic rings. The van der Waals surface area contributed by atoms with Crippen molar-refractivity contribution in [1.29, 1.82) is 0 Å². The highest BCUT2D eigenvalue weighted by Crippen LogP contribution is 2.45. The highest BCUT2D eigenvalue weighted by molar-refractivity contribution is 6.23. The Hall–Kier alpha value is -5.40. The van der Waals surface area contributed by atoms with Crippen LogP contribution in [0.25, 0.3) is 87.3 Å². The summed E-state index contributed by atoms with van der Waals surface area (Å²) in [6.45, 7) is 0. The van der Waals surface area contributed by atoms with E-state index >= 15 is 0 Å². The molecule has 41 heavy (non-hydrogen) atoms. The van der Waals surface area contributed by atoms with Crippen molar-refractivity contribution in [3.8, 4) is 22.3 Å². The minimum Gasteiger partial charge on any atom is -0.455 e. The Kier molecular flexibility index (Phi) is 3.47. The molecule has 1 aromatic heterocycles. The third kappa shape index (κ3) is 3.30. The molecule has 190 valence electrons. The first-order valence-corrected chi connectivity index (χ1v) is 13.5. The third-order valence-corrected chi connectivity index (χ3v) is 8.08. The van der Waals surface area contributed by atoms with Crippen molar-refractivity contribution in [2.45, 2.75) is 0 Å². The predicted octanol–water partition coefficient (Wildman–Crippen LogP) is 11.5. The van der Waals surface area contributed by atoms with Crippen LogP contribution in [0.2, 0.25) is 0 Å². The number of fused-ring (bicyclic) bond motifs is 8. The lowest BCUT2D eigenvalue weighted by atomic mass is 9.85. The Morgan fingerprint density at radius 2 is 1.07 bits per heavy atom. The van der Waals surface area contributed by atoms with Crippen LogP contribution in [-0.4, -0.2) is 0 Å². The molecule has 0 atom stereocenters. The first-order valence-electron chi connectivity index (χ1n) is 17.0. The molecule has 0 saturated carbocycles. The molecule has 9 rings (SSSR count). The zero-order chi connectivity index (χ0) is 33.0. The summed E-state index contributed by atoms with van der Waals surface area (Å²) in [6, 6.07) is 31.8. The Morgan fingerprint density at radius 3 is 1.80 bits per heavy atom. The van der Waals surface area contributed by atoms with E-state index in [0.717, 1.165) is 65.4 Å². The molecule has 1 heterocycles.